The van der Waals surface area contributed by atoms with E-state index in [9.17, 15) is 25.2 Å². The van der Waals surface area contributed by atoms with Gasteiger partial charge in [0.1, 0.15) is 11.5 Å². The van der Waals surface area contributed by atoms with Crippen molar-refractivity contribution in [3.8, 4) is 0 Å². The SMILES string of the molecule is COC[C@@H]1C(=O)[C@]23[C@H](O)[C@H]1C[C@H](O)[C@H]2[C@@]12CCCC(C)(C)[C@H]1[C@H](O)[C@@]3(O)O[C@@H]2OC. The van der Waals surface area contributed by atoms with Crippen LogP contribution in [0.3, 0.4) is 0 Å². The Morgan fingerprint density at radius 2 is 1.80 bits per heavy atom. The van der Waals surface area contributed by atoms with E-state index in [0.29, 0.717) is 6.42 Å². The van der Waals surface area contributed by atoms with Crippen molar-refractivity contribution in [2.75, 3.05) is 20.8 Å². The minimum atomic E-state index is -2.35. The number of carbonyl (C=O) groups is 1. The molecule has 4 N–H and O–H groups in total. The Bertz CT molecular complexity index is 755. The molecular weight excluding hydrogens is 392 g/mol. The zero-order valence-corrected chi connectivity index (χ0v) is 18.1. The molecule has 0 unspecified atom stereocenters. The predicted molar refractivity (Wildman–Crippen MR) is 103 cm³/mol. The largest absolute Gasteiger partial charge is 0.393 e. The molecule has 11 atom stereocenters. The first kappa shape index (κ1) is 21.2. The van der Waals surface area contributed by atoms with Gasteiger partial charge in [-0.3, -0.25) is 4.79 Å². The Kier molecular flexibility index (Phi) is 4.42. The highest BCUT2D eigenvalue weighted by molar-refractivity contribution is 5.93. The molecule has 0 aromatic rings. The van der Waals surface area contributed by atoms with E-state index >= 15 is 0 Å². The molecule has 8 heteroatoms. The maximum Gasteiger partial charge on any atom is 0.210 e. The molecule has 4 saturated carbocycles. The van der Waals surface area contributed by atoms with Gasteiger partial charge in [0.15, 0.2) is 12.1 Å². The van der Waals surface area contributed by atoms with Gasteiger partial charge >= 0.3 is 0 Å². The molecular formula is C22H34O8. The van der Waals surface area contributed by atoms with Crippen LogP contribution >= 0.6 is 0 Å². The van der Waals surface area contributed by atoms with Gasteiger partial charge in [-0.05, 0) is 24.7 Å². The maximum absolute atomic E-state index is 13.9. The summed E-state index contributed by atoms with van der Waals surface area (Å²) < 4.78 is 17.0. The topological polar surface area (TPSA) is 126 Å². The number of aliphatic hydroxyl groups excluding tert-OH is 3. The highest BCUT2D eigenvalue weighted by Crippen LogP contribution is 2.78. The fourth-order valence-electron chi connectivity index (χ4n) is 8.87. The van der Waals surface area contributed by atoms with Crippen molar-refractivity contribution < 1.29 is 39.4 Å². The van der Waals surface area contributed by atoms with Crippen molar-refractivity contribution in [3.63, 3.8) is 0 Å². The van der Waals surface area contributed by atoms with Gasteiger partial charge in [0, 0.05) is 43.3 Å². The first-order valence-electron chi connectivity index (χ1n) is 11.1. The third-order valence-corrected chi connectivity index (χ3v) is 9.55. The molecule has 6 rings (SSSR count). The summed E-state index contributed by atoms with van der Waals surface area (Å²) in [4.78, 5) is 13.9. The Morgan fingerprint density at radius 1 is 1.10 bits per heavy atom. The van der Waals surface area contributed by atoms with Crippen molar-refractivity contribution >= 4 is 5.78 Å². The molecule has 30 heavy (non-hydrogen) atoms. The predicted octanol–water partition coefficient (Wildman–Crippen LogP) is 0.0545. The molecule has 8 nitrogen and oxygen atoms in total. The van der Waals surface area contributed by atoms with Gasteiger partial charge in [0.25, 0.3) is 0 Å². The molecule has 6 aliphatic rings. The van der Waals surface area contributed by atoms with Crippen LogP contribution in [0.15, 0.2) is 0 Å². The van der Waals surface area contributed by atoms with Gasteiger partial charge in [-0.1, -0.05) is 20.3 Å². The van der Waals surface area contributed by atoms with Gasteiger partial charge in [0.05, 0.1) is 18.8 Å². The fraction of sp³-hybridized carbons (Fsp3) is 0.955. The van der Waals surface area contributed by atoms with Crippen molar-refractivity contribution in [2.45, 2.75) is 69.9 Å². The van der Waals surface area contributed by atoms with Crippen molar-refractivity contribution in [2.24, 2.45) is 39.9 Å². The molecule has 4 bridgehead atoms. The van der Waals surface area contributed by atoms with Gasteiger partial charge < -0.3 is 34.6 Å². The summed E-state index contributed by atoms with van der Waals surface area (Å²) >= 11 is 0. The Labute approximate surface area is 176 Å². The molecule has 170 valence electrons. The van der Waals surface area contributed by atoms with Crippen molar-refractivity contribution in [1.29, 1.82) is 0 Å². The lowest BCUT2D eigenvalue weighted by Crippen LogP contribution is -2.87. The minimum Gasteiger partial charge on any atom is -0.393 e. The number of rotatable bonds is 3. The molecule has 2 spiro atoms. The van der Waals surface area contributed by atoms with Crippen LogP contribution in [-0.2, 0) is 19.0 Å². The summed E-state index contributed by atoms with van der Waals surface area (Å²) in [5, 5.41) is 46.5. The Balaban J connectivity index is 1.80. The fourth-order valence-corrected chi connectivity index (χ4v) is 8.87. The van der Waals surface area contributed by atoms with Gasteiger partial charge in [-0.15, -0.1) is 0 Å². The molecule has 2 aliphatic heterocycles. The van der Waals surface area contributed by atoms with Crippen molar-refractivity contribution in [3.05, 3.63) is 0 Å². The summed E-state index contributed by atoms with van der Waals surface area (Å²) in [6, 6.07) is 0. The first-order valence-corrected chi connectivity index (χ1v) is 11.1. The third-order valence-electron chi connectivity index (χ3n) is 9.55. The van der Waals surface area contributed by atoms with Gasteiger partial charge in [-0.2, -0.15) is 0 Å². The van der Waals surface area contributed by atoms with Crippen LogP contribution in [0.2, 0.25) is 0 Å². The lowest BCUT2D eigenvalue weighted by molar-refractivity contribution is -0.506. The zero-order chi connectivity index (χ0) is 21.9. The summed E-state index contributed by atoms with van der Waals surface area (Å²) in [5.41, 5.74) is -3.08. The number of hydrogen-bond donors (Lipinski definition) is 4. The Hall–Kier alpha value is -0.610. The van der Waals surface area contributed by atoms with Crippen LogP contribution in [0, 0.1) is 39.9 Å². The van der Waals surface area contributed by atoms with E-state index in [1.54, 1.807) is 0 Å². The van der Waals surface area contributed by atoms with E-state index in [-0.39, 0.29) is 24.2 Å². The van der Waals surface area contributed by atoms with Crippen LogP contribution < -0.4 is 0 Å². The lowest BCUT2D eigenvalue weighted by atomic mass is 9.35. The average Bonchev–Trinajstić information content (AvgIpc) is 2.80. The van der Waals surface area contributed by atoms with E-state index in [0.717, 1.165) is 12.8 Å². The van der Waals surface area contributed by atoms with Crippen LogP contribution in [0.4, 0.5) is 0 Å². The molecule has 0 amide bonds. The van der Waals surface area contributed by atoms with Crippen LogP contribution in [-0.4, -0.2) is 77.4 Å². The quantitative estimate of drug-likeness (QED) is 0.499. The molecule has 6 fully saturated rings. The average molecular weight is 427 g/mol. The molecule has 0 aromatic heterocycles. The monoisotopic (exact) mass is 426 g/mol. The third kappa shape index (κ3) is 1.97. The molecule has 0 radical (unpaired) electrons. The molecule has 0 aromatic carbocycles. The number of ether oxygens (including phenoxy) is 3. The van der Waals surface area contributed by atoms with Crippen molar-refractivity contribution in [1.82, 2.24) is 0 Å². The Morgan fingerprint density at radius 3 is 2.43 bits per heavy atom. The number of hydrogen-bond acceptors (Lipinski definition) is 8. The number of methoxy groups -OCH3 is 2. The number of ketones is 1. The van der Waals surface area contributed by atoms with Gasteiger partial charge in [0.2, 0.25) is 5.79 Å². The summed E-state index contributed by atoms with van der Waals surface area (Å²) in [7, 11) is 2.97. The second-order valence-electron chi connectivity index (χ2n) is 10.9. The standard InChI is InChI=1S/C22H34O8/c1-19(2)6-5-7-20-13-12(23)8-10-11(9-28-3)16(25)21(13,15(10)24)22(27,17(26)14(19)20)30-18(20)29-4/h10-15,17-18,23-24,26-27H,5-9H2,1-4H3/t10-,11-,12-,13-,14+,15+,17-,18-,20-,21+,22+/m0/s1. The van der Waals surface area contributed by atoms with E-state index < -0.39 is 64.9 Å². The molecule has 2 heterocycles. The molecule has 2 saturated heterocycles. The maximum atomic E-state index is 13.9. The van der Waals surface area contributed by atoms with Crippen LogP contribution in [0.5, 0.6) is 0 Å². The summed E-state index contributed by atoms with van der Waals surface area (Å²) in [6.07, 6.45) is -1.97. The van der Waals surface area contributed by atoms with Crippen LogP contribution in [0.1, 0.15) is 39.5 Å². The number of Topliss-reactive ketones (excluding diaryl/α,β-unsaturated/α-hetero) is 1. The second-order valence-corrected chi connectivity index (χ2v) is 10.9. The van der Waals surface area contributed by atoms with Gasteiger partial charge in [-0.25, -0.2) is 0 Å². The smallest absolute Gasteiger partial charge is 0.210 e. The second kappa shape index (κ2) is 6.25. The van der Waals surface area contributed by atoms with E-state index in [4.69, 9.17) is 14.2 Å². The summed E-state index contributed by atoms with van der Waals surface area (Å²) in [5.74, 6) is -5.18. The highest BCUT2D eigenvalue weighted by Gasteiger charge is 2.89. The molecule has 4 aliphatic carbocycles. The normalized spacial score (nSPS) is 58.5. The highest BCUT2D eigenvalue weighted by atomic mass is 16.7. The lowest BCUT2D eigenvalue weighted by Gasteiger charge is -2.76. The number of fused-ring (bicyclic) bond motifs is 2. The van der Waals surface area contributed by atoms with E-state index in [1.807, 2.05) is 13.8 Å². The van der Waals surface area contributed by atoms with E-state index in [2.05, 4.69) is 0 Å². The minimum absolute atomic E-state index is 0.0869. The first-order chi connectivity index (χ1) is 14.1. The zero-order valence-electron chi connectivity index (χ0n) is 18.1. The summed E-state index contributed by atoms with van der Waals surface area (Å²) in [6.45, 7) is 4.18. The number of aliphatic hydroxyl groups is 4. The van der Waals surface area contributed by atoms with E-state index in [1.165, 1.54) is 14.2 Å². The van der Waals surface area contributed by atoms with Crippen LogP contribution in [0.25, 0.3) is 0 Å². The number of carbonyl (C=O) groups excluding carboxylic acids is 1.